The molecule has 1 aliphatic heterocycles. The van der Waals surface area contributed by atoms with Crippen LogP contribution in [0.3, 0.4) is 0 Å². The Kier molecular flexibility index (Phi) is 7.15. The van der Waals surface area contributed by atoms with Gasteiger partial charge in [-0.3, -0.25) is 9.59 Å². The predicted octanol–water partition coefficient (Wildman–Crippen LogP) is 4.95. The highest BCUT2D eigenvalue weighted by atomic mass is 35.5. The van der Waals surface area contributed by atoms with Gasteiger partial charge in [0.2, 0.25) is 0 Å². The molecule has 0 unspecified atom stereocenters. The number of carbonyl (C=O) groups is 2. The molecule has 0 atom stereocenters. The van der Waals surface area contributed by atoms with E-state index in [1.165, 1.54) is 0 Å². The van der Waals surface area contributed by atoms with E-state index in [0.29, 0.717) is 60.4 Å². The molecule has 0 saturated carbocycles. The van der Waals surface area contributed by atoms with Crippen molar-refractivity contribution in [2.75, 3.05) is 43.0 Å². The van der Waals surface area contributed by atoms with Gasteiger partial charge in [0.15, 0.2) is 0 Å². The number of halogens is 1. The summed E-state index contributed by atoms with van der Waals surface area (Å²) in [5.41, 5.74) is 2.73. The number of nitrogens with one attached hydrogen (secondary N) is 1. The van der Waals surface area contributed by atoms with Crippen molar-refractivity contribution >= 4 is 34.8 Å². The number of rotatable bonds is 6. The molecule has 0 aliphatic carbocycles. The lowest BCUT2D eigenvalue weighted by atomic mass is 10.1. The molecule has 1 saturated heterocycles. The van der Waals surface area contributed by atoms with Crippen LogP contribution in [-0.2, 0) is 0 Å². The second kappa shape index (κ2) is 10.4. The number of piperazine rings is 1. The molecule has 3 aromatic carbocycles. The van der Waals surface area contributed by atoms with Crippen molar-refractivity contribution in [3.8, 4) is 5.75 Å². The van der Waals surface area contributed by atoms with Crippen molar-refractivity contribution in [1.82, 2.24) is 4.90 Å². The minimum atomic E-state index is -0.228. The summed E-state index contributed by atoms with van der Waals surface area (Å²) in [5.74, 6) is 0.477. The molecule has 1 heterocycles. The fourth-order valence-electron chi connectivity index (χ4n) is 3.85. The number of hydrogen-bond donors (Lipinski definition) is 1. The molecular formula is C26H26ClN3O3. The van der Waals surface area contributed by atoms with Crippen LogP contribution in [0, 0.1) is 0 Å². The van der Waals surface area contributed by atoms with Gasteiger partial charge in [0.25, 0.3) is 11.8 Å². The van der Waals surface area contributed by atoms with Crippen LogP contribution in [0.1, 0.15) is 27.6 Å². The zero-order chi connectivity index (χ0) is 23.2. The molecule has 0 spiro atoms. The molecule has 0 radical (unpaired) electrons. The Hall–Kier alpha value is -3.51. The van der Waals surface area contributed by atoms with Gasteiger partial charge in [-0.05, 0) is 55.5 Å². The summed E-state index contributed by atoms with van der Waals surface area (Å²) in [6, 6.07) is 21.9. The average molecular weight is 464 g/mol. The molecule has 1 aliphatic rings. The van der Waals surface area contributed by atoms with Crippen molar-refractivity contribution in [2.45, 2.75) is 6.92 Å². The van der Waals surface area contributed by atoms with Gasteiger partial charge in [-0.15, -0.1) is 0 Å². The topological polar surface area (TPSA) is 61.9 Å². The van der Waals surface area contributed by atoms with Crippen LogP contribution in [-0.4, -0.2) is 49.5 Å². The first-order chi connectivity index (χ1) is 16.0. The van der Waals surface area contributed by atoms with Gasteiger partial charge in [0.05, 0.1) is 17.3 Å². The standard InChI is InChI=1S/C26H26ClN3O3/c1-2-33-22-10-6-9-20(17-22)25(31)28-21-11-12-24(23(27)18-21)29-13-15-30(16-14-29)26(32)19-7-4-3-5-8-19/h3-12,17-18H,2,13-16H2,1H3,(H,28,31). The third kappa shape index (κ3) is 5.46. The third-order valence-electron chi connectivity index (χ3n) is 5.54. The Morgan fingerprint density at radius 3 is 2.33 bits per heavy atom. The van der Waals surface area contributed by atoms with E-state index in [2.05, 4.69) is 10.2 Å². The molecule has 0 bridgehead atoms. The smallest absolute Gasteiger partial charge is 0.255 e. The molecule has 3 aromatic rings. The fraction of sp³-hybridized carbons (Fsp3) is 0.231. The Labute approximate surface area is 198 Å². The van der Waals surface area contributed by atoms with Crippen LogP contribution in [0.15, 0.2) is 72.8 Å². The van der Waals surface area contributed by atoms with Crippen molar-refractivity contribution in [1.29, 1.82) is 0 Å². The maximum atomic E-state index is 12.7. The van der Waals surface area contributed by atoms with Crippen LogP contribution in [0.4, 0.5) is 11.4 Å². The molecule has 1 fully saturated rings. The van der Waals surface area contributed by atoms with Gasteiger partial charge in [-0.25, -0.2) is 0 Å². The highest BCUT2D eigenvalue weighted by Gasteiger charge is 2.23. The van der Waals surface area contributed by atoms with E-state index in [0.717, 1.165) is 5.69 Å². The van der Waals surface area contributed by atoms with Gasteiger partial charge in [-0.2, -0.15) is 0 Å². The molecule has 1 N–H and O–H groups in total. The van der Waals surface area contributed by atoms with E-state index < -0.39 is 0 Å². The molecular weight excluding hydrogens is 438 g/mol. The maximum absolute atomic E-state index is 12.7. The van der Waals surface area contributed by atoms with E-state index in [4.69, 9.17) is 16.3 Å². The van der Waals surface area contributed by atoms with E-state index in [1.54, 1.807) is 24.3 Å². The van der Waals surface area contributed by atoms with Crippen molar-refractivity contribution < 1.29 is 14.3 Å². The Morgan fingerprint density at radius 1 is 0.909 bits per heavy atom. The Balaban J connectivity index is 1.37. The van der Waals surface area contributed by atoms with Crippen LogP contribution in [0.25, 0.3) is 0 Å². The number of ether oxygens (including phenoxy) is 1. The first kappa shape index (κ1) is 22.7. The minimum Gasteiger partial charge on any atom is -0.494 e. The average Bonchev–Trinajstić information content (AvgIpc) is 2.85. The monoisotopic (exact) mass is 463 g/mol. The van der Waals surface area contributed by atoms with Crippen LogP contribution in [0.2, 0.25) is 5.02 Å². The van der Waals surface area contributed by atoms with E-state index in [1.807, 2.05) is 60.4 Å². The van der Waals surface area contributed by atoms with Gasteiger partial charge < -0.3 is 19.9 Å². The third-order valence-corrected chi connectivity index (χ3v) is 5.84. The van der Waals surface area contributed by atoms with Crippen molar-refractivity contribution in [3.63, 3.8) is 0 Å². The number of anilines is 2. The summed E-state index contributed by atoms with van der Waals surface area (Å²) in [4.78, 5) is 29.3. The summed E-state index contributed by atoms with van der Waals surface area (Å²) in [7, 11) is 0. The number of carbonyl (C=O) groups excluding carboxylic acids is 2. The molecule has 170 valence electrons. The molecule has 6 nitrogen and oxygen atoms in total. The zero-order valence-electron chi connectivity index (χ0n) is 18.5. The second-order valence-corrected chi connectivity index (χ2v) is 8.13. The van der Waals surface area contributed by atoms with Crippen molar-refractivity contribution in [3.05, 3.63) is 88.9 Å². The second-order valence-electron chi connectivity index (χ2n) is 7.73. The Bertz CT molecular complexity index is 1130. The fourth-order valence-corrected chi connectivity index (χ4v) is 4.15. The van der Waals surface area contributed by atoms with Gasteiger partial charge in [0.1, 0.15) is 5.75 Å². The molecule has 7 heteroatoms. The maximum Gasteiger partial charge on any atom is 0.255 e. The summed E-state index contributed by atoms with van der Waals surface area (Å²) in [6.07, 6.45) is 0. The van der Waals surface area contributed by atoms with E-state index >= 15 is 0 Å². The lowest BCUT2D eigenvalue weighted by Crippen LogP contribution is -2.48. The van der Waals surface area contributed by atoms with E-state index in [9.17, 15) is 9.59 Å². The molecule has 33 heavy (non-hydrogen) atoms. The summed E-state index contributed by atoms with van der Waals surface area (Å²) < 4.78 is 5.47. The first-order valence-electron chi connectivity index (χ1n) is 11.0. The highest BCUT2D eigenvalue weighted by Crippen LogP contribution is 2.30. The summed E-state index contributed by atoms with van der Waals surface area (Å²) in [5, 5.41) is 3.44. The molecule has 4 rings (SSSR count). The quantitative estimate of drug-likeness (QED) is 0.561. The first-order valence-corrected chi connectivity index (χ1v) is 11.4. The Morgan fingerprint density at radius 2 is 1.64 bits per heavy atom. The number of hydrogen-bond acceptors (Lipinski definition) is 4. The molecule has 0 aromatic heterocycles. The van der Waals surface area contributed by atoms with Gasteiger partial charge >= 0.3 is 0 Å². The normalized spacial score (nSPS) is 13.5. The minimum absolute atomic E-state index is 0.0489. The van der Waals surface area contributed by atoms with Gasteiger partial charge in [0, 0.05) is 43.0 Å². The van der Waals surface area contributed by atoms with Crippen molar-refractivity contribution in [2.24, 2.45) is 0 Å². The van der Waals surface area contributed by atoms with E-state index in [-0.39, 0.29) is 11.8 Å². The van der Waals surface area contributed by atoms with Crippen LogP contribution in [0.5, 0.6) is 5.75 Å². The molecule has 2 amide bonds. The summed E-state index contributed by atoms with van der Waals surface area (Å²) in [6.45, 7) is 5.06. The van der Waals surface area contributed by atoms with Gasteiger partial charge in [-0.1, -0.05) is 35.9 Å². The van der Waals surface area contributed by atoms with Crippen LogP contribution >= 0.6 is 11.6 Å². The number of amides is 2. The lowest BCUT2D eigenvalue weighted by Gasteiger charge is -2.36. The zero-order valence-corrected chi connectivity index (χ0v) is 19.2. The number of benzene rings is 3. The SMILES string of the molecule is CCOc1cccc(C(=O)Nc2ccc(N3CCN(C(=O)c4ccccc4)CC3)c(Cl)c2)c1. The highest BCUT2D eigenvalue weighted by molar-refractivity contribution is 6.33. The van der Waals surface area contributed by atoms with Crippen LogP contribution < -0.4 is 15.0 Å². The largest absolute Gasteiger partial charge is 0.494 e. The summed E-state index contributed by atoms with van der Waals surface area (Å²) >= 11 is 6.56. The number of nitrogens with zero attached hydrogens (tertiary/aromatic N) is 2. The lowest BCUT2D eigenvalue weighted by molar-refractivity contribution is 0.0746. The predicted molar refractivity (Wildman–Crippen MR) is 132 cm³/mol.